The van der Waals surface area contributed by atoms with Crippen LogP contribution in [0.5, 0.6) is 5.88 Å². The van der Waals surface area contributed by atoms with Crippen LogP contribution in [-0.4, -0.2) is 35.4 Å². The Bertz CT molecular complexity index is 439. The molecule has 1 fully saturated rings. The first-order valence-electron chi connectivity index (χ1n) is 5.40. The molecule has 0 saturated carbocycles. The van der Waals surface area contributed by atoms with Crippen LogP contribution in [0.4, 0.5) is 5.95 Å². The zero-order chi connectivity index (χ0) is 12.4. The first-order chi connectivity index (χ1) is 8.13. The lowest BCUT2D eigenvalue weighted by Crippen LogP contribution is -2.27. The lowest BCUT2D eigenvalue weighted by atomic mass is 10.2. The van der Waals surface area contributed by atoms with Gasteiger partial charge in [-0.3, -0.25) is 9.69 Å². The van der Waals surface area contributed by atoms with Crippen molar-refractivity contribution in [1.82, 2.24) is 9.97 Å². The zero-order valence-corrected chi connectivity index (χ0v) is 10.6. The summed E-state index contributed by atoms with van der Waals surface area (Å²) in [6.45, 7) is 2.42. The molecule has 5 nitrogen and oxygen atoms in total. The minimum atomic E-state index is 0.0169. The molecule has 1 amide bonds. The van der Waals surface area contributed by atoms with Gasteiger partial charge in [-0.05, 0) is 12.8 Å². The van der Waals surface area contributed by atoms with Crippen LogP contribution in [0, 0.1) is 12.8 Å². The topological polar surface area (TPSA) is 55.3 Å². The predicted molar refractivity (Wildman–Crippen MR) is 64.5 cm³/mol. The molecule has 1 aliphatic rings. The number of nitrogens with zero attached hydrogens (tertiary/aromatic N) is 3. The van der Waals surface area contributed by atoms with Gasteiger partial charge >= 0.3 is 0 Å². The molecular weight excluding hydrogens is 242 g/mol. The van der Waals surface area contributed by atoms with Crippen molar-refractivity contribution < 1.29 is 9.53 Å². The number of amides is 1. The summed E-state index contributed by atoms with van der Waals surface area (Å²) >= 11 is 5.77. The molecule has 0 aliphatic carbocycles. The van der Waals surface area contributed by atoms with Crippen LogP contribution in [0.3, 0.4) is 0 Å². The van der Waals surface area contributed by atoms with E-state index in [-0.39, 0.29) is 11.8 Å². The Labute approximate surface area is 105 Å². The molecule has 0 aromatic carbocycles. The molecule has 1 atom stereocenters. The molecule has 2 rings (SSSR count). The smallest absolute Gasteiger partial charge is 0.235 e. The number of anilines is 1. The van der Waals surface area contributed by atoms with Gasteiger partial charge in [0.2, 0.25) is 17.7 Å². The third-order valence-corrected chi connectivity index (χ3v) is 3.13. The minimum Gasteiger partial charge on any atom is -0.481 e. The van der Waals surface area contributed by atoms with Gasteiger partial charge in [0.1, 0.15) is 0 Å². The quantitative estimate of drug-likeness (QED) is 0.766. The molecule has 1 unspecified atom stereocenters. The maximum atomic E-state index is 11.8. The molecule has 1 saturated heterocycles. The fourth-order valence-electron chi connectivity index (χ4n) is 1.83. The number of hydrogen-bond donors (Lipinski definition) is 0. The van der Waals surface area contributed by atoms with Gasteiger partial charge in [-0.25, -0.2) is 4.98 Å². The van der Waals surface area contributed by atoms with Crippen LogP contribution in [0.1, 0.15) is 12.1 Å². The van der Waals surface area contributed by atoms with Crippen LogP contribution >= 0.6 is 11.6 Å². The van der Waals surface area contributed by atoms with E-state index < -0.39 is 0 Å². The van der Waals surface area contributed by atoms with Gasteiger partial charge in [-0.1, -0.05) is 0 Å². The van der Waals surface area contributed by atoms with Crippen molar-refractivity contribution in [3.8, 4) is 5.88 Å². The first kappa shape index (κ1) is 12.1. The number of aryl methyl sites for hydroxylation is 1. The summed E-state index contributed by atoms with van der Waals surface area (Å²) in [5.74, 6) is 1.54. The third-order valence-electron chi connectivity index (χ3n) is 2.69. The fourth-order valence-corrected chi connectivity index (χ4v) is 2.03. The summed E-state index contributed by atoms with van der Waals surface area (Å²) in [7, 11) is 1.54. The summed E-state index contributed by atoms with van der Waals surface area (Å²) in [6.07, 6.45) is 0.461. The highest BCUT2D eigenvalue weighted by molar-refractivity contribution is 6.18. The van der Waals surface area contributed by atoms with Crippen molar-refractivity contribution in [2.45, 2.75) is 13.3 Å². The van der Waals surface area contributed by atoms with Crippen molar-refractivity contribution in [2.24, 2.45) is 5.92 Å². The van der Waals surface area contributed by atoms with E-state index in [4.69, 9.17) is 16.3 Å². The summed E-state index contributed by atoms with van der Waals surface area (Å²) in [5.41, 5.74) is 0.772. The van der Waals surface area contributed by atoms with Crippen molar-refractivity contribution >= 4 is 23.5 Å². The van der Waals surface area contributed by atoms with Crippen LogP contribution in [0.15, 0.2) is 6.07 Å². The molecule has 17 heavy (non-hydrogen) atoms. The number of halogens is 1. The maximum Gasteiger partial charge on any atom is 0.235 e. The molecule has 0 N–H and O–H groups in total. The summed E-state index contributed by atoms with van der Waals surface area (Å²) < 4.78 is 5.07. The Kier molecular flexibility index (Phi) is 3.47. The highest BCUT2D eigenvalue weighted by Crippen LogP contribution is 2.24. The van der Waals surface area contributed by atoms with Gasteiger partial charge in [0, 0.05) is 30.6 Å². The molecule has 0 spiro atoms. The highest BCUT2D eigenvalue weighted by Gasteiger charge is 2.31. The molecule has 1 aromatic rings. The molecule has 0 bridgehead atoms. The van der Waals surface area contributed by atoms with Crippen molar-refractivity contribution in [1.29, 1.82) is 0 Å². The Hall–Kier alpha value is -1.36. The summed E-state index contributed by atoms with van der Waals surface area (Å²) in [6, 6.07) is 1.73. The third kappa shape index (κ3) is 2.49. The minimum absolute atomic E-state index is 0.0169. The lowest BCUT2D eigenvalue weighted by molar-refractivity contribution is -0.117. The standard InChI is InChI=1S/C11H14ClN3O2/c1-7-3-9(17-2)14-11(13-7)15-6-8(5-12)4-10(15)16/h3,8H,4-6H2,1-2H3. The van der Waals surface area contributed by atoms with Crippen LogP contribution < -0.4 is 9.64 Å². The normalized spacial score (nSPS) is 19.8. The highest BCUT2D eigenvalue weighted by atomic mass is 35.5. The molecule has 92 valence electrons. The second kappa shape index (κ2) is 4.87. The van der Waals surface area contributed by atoms with E-state index in [2.05, 4.69) is 9.97 Å². The molecule has 1 aromatic heterocycles. The SMILES string of the molecule is COc1cc(C)nc(N2CC(CCl)CC2=O)n1. The fraction of sp³-hybridized carbons (Fsp3) is 0.545. The van der Waals surface area contributed by atoms with E-state index in [0.717, 1.165) is 5.69 Å². The van der Waals surface area contributed by atoms with E-state index in [9.17, 15) is 4.79 Å². The van der Waals surface area contributed by atoms with Crippen molar-refractivity contribution in [3.05, 3.63) is 11.8 Å². The summed E-state index contributed by atoms with van der Waals surface area (Å²) in [5, 5.41) is 0. The number of methoxy groups -OCH3 is 1. The number of ether oxygens (including phenoxy) is 1. The van der Waals surface area contributed by atoms with E-state index in [1.54, 1.807) is 18.1 Å². The summed E-state index contributed by atoms with van der Waals surface area (Å²) in [4.78, 5) is 21.8. The maximum absolute atomic E-state index is 11.8. The Morgan fingerprint density at radius 2 is 2.35 bits per heavy atom. The molecule has 2 heterocycles. The van der Waals surface area contributed by atoms with Crippen molar-refractivity contribution in [2.75, 3.05) is 24.4 Å². The van der Waals surface area contributed by atoms with Crippen LogP contribution in [-0.2, 0) is 4.79 Å². The van der Waals surface area contributed by atoms with E-state index in [0.29, 0.717) is 30.7 Å². The second-order valence-corrected chi connectivity index (χ2v) is 4.39. The first-order valence-corrected chi connectivity index (χ1v) is 5.93. The number of aromatic nitrogens is 2. The van der Waals surface area contributed by atoms with Crippen molar-refractivity contribution in [3.63, 3.8) is 0 Å². The molecule has 0 radical (unpaired) electrons. The number of carbonyl (C=O) groups is 1. The van der Waals surface area contributed by atoms with Gasteiger partial charge in [-0.15, -0.1) is 11.6 Å². The number of hydrogen-bond acceptors (Lipinski definition) is 4. The Balaban J connectivity index is 2.28. The van der Waals surface area contributed by atoms with Gasteiger partial charge in [-0.2, -0.15) is 4.98 Å². The average Bonchev–Trinajstić information content (AvgIpc) is 2.69. The second-order valence-electron chi connectivity index (χ2n) is 4.08. The van der Waals surface area contributed by atoms with Gasteiger partial charge in [0.05, 0.1) is 7.11 Å². The van der Waals surface area contributed by atoms with Gasteiger partial charge in [0.15, 0.2) is 0 Å². The number of carbonyl (C=O) groups excluding carboxylic acids is 1. The van der Waals surface area contributed by atoms with E-state index in [1.165, 1.54) is 0 Å². The molecule has 1 aliphatic heterocycles. The van der Waals surface area contributed by atoms with Gasteiger partial charge < -0.3 is 4.74 Å². The van der Waals surface area contributed by atoms with E-state index >= 15 is 0 Å². The predicted octanol–water partition coefficient (Wildman–Crippen LogP) is 1.39. The van der Waals surface area contributed by atoms with Crippen LogP contribution in [0.25, 0.3) is 0 Å². The Morgan fingerprint density at radius 3 is 2.94 bits per heavy atom. The van der Waals surface area contributed by atoms with Crippen LogP contribution in [0.2, 0.25) is 0 Å². The monoisotopic (exact) mass is 255 g/mol. The number of rotatable bonds is 3. The van der Waals surface area contributed by atoms with E-state index in [1.807, 2.05) is 6.92 Å². The lowest BCUT2D eigenvalue weighted by Gasteiger charge is -2.15. The molecule has 6 heteroatoms. The van der Waals surface area contributed by atoms with Gasteiger partial charge in [0.25, 0.3) is 0 Å². The Morgan fingerprint density at radius 1 is 1.59 bits per heavy atom. The zero-order valence-electron chi connectivity index (χ0n) is 9.81. The average molecular weight is 256 g/mol. The molecular formula is C11H14ClN3O2. The largest absolute Gasteiger partial charge is 0.481 e. The number of alkyl halides is 1.